The van der Waals surface area contributed by atoms with E-state index in [0.717, 1.165) is 48.1 Å². The van der Waals surface area contributed by atoms with Crippen molar-refractivity contribution in [1.82, 2.24) is 15.1 Å². The molecule has 1 heterocycles. The van der Waals surface area contributed by atoms with Gasteiger partial charge in [0, 0.05) is 13.6 Å². The molecule has 0 fully saturated rings. The predicted molar refractivity (Wildman–Crippen MR) is 83.0 cm³/mol. The summed E-state index contributed by atoms with van der Waals surface area (Å²) in [6, 6.07) is 7.55. The van der Waals surface area contributed by atoms with Crippen molar-refractivity contribution >= 4 is 0 Å². The van der Waals surface area contributed by atoms with Gasteiger partial charge in [-0.1, -0.05) is 6.92 Å². The zero-order valence-electron chi connectivity index (χ0n) is 13.1. The van der Waals surface area contributed by atoms with Crippen LogP contribution in [0.4, 0.5) is 0 Å². The summed E-state index contributed by atoms with van der Waals surface area (Å²) < 4.78 is 12.9. The van der Waals surface area contributed by atoms with Gasteiger partial charge >= 0.3 is 0 Å². The molecule has 1 aromatic heterocycles. The summed E-state index contributed by atoms with van der Waals surface area (Å²) in [6.45, 7) is 5.90. The highest BCUT2D eigenvalue weighted by atomic mass is 16.5. The molecule has 0 aliphatic heterocycles. The van der Waals surface area contributed by atoms with Crippen LogP contribution in [0, 0.1) is 6.92 Å². The minimum atomic E-state index is 0.763. The minimum absolute atomic E-state index is 0.763. The topological polar surface area (TPSA) is 48.3 Å². The molecule has 2 aromatic rings. The summed E-state index contributed by atoms with van der Waals surface area (Å²) in [6.07, 6.45) is 1.11. The zero-order chi connectivity index (χ0) is 15.2. The lowest BCUT2D eigenvalue weighted by molar-refractivity contribution is 0.407. The third kappa shape index (κ3) is 3.76. The smallest absolute Gasteiger partial charge is 0.222 e. The molecule has 0 spiro atoms. The van der Waals surface area contributed by atoms with E-state index in [2.05, 4.69) is 17.3 Å². The Kier molecular flexibility index (Phi) is 5.22. The number of ether oxygens (including phenoxy) is 2. The van der Waals surface area contributed by atoms with Crippen molar-refractivity contribution in [1.29, 1.82) is 0 Å². The minimum Gasteiger partial charge on any atom is -0.497 e. The molecule has 0 unspecified atom stereocenters. The SMILES string of the molecule is CCCNCc1c(C)nn(C)c1Oc1ccc(OC)cc1. The first-order valence-corrected chi connectivity index (χ1v) is 7.20. The summed E-state index contributed by atoms with van der Waals surface area (Å²) in [5, 5.41) is 7.84. The maximum absolute atomic E-state index is 6.00. The molecule has 2 rings (SSSR count). The Balaban J connectivity index is 2.17. The van der Waals surface area contributed by atoms with E-state index in [9.17, 15) is 0 Å². The molecular weight excluding hydrogens is 266 g/mol. The summed E-state index contributed by atoms with van der Waals surface area (Å²) in [5.74, 6) is 2.37. The monoisotopic (exact) mass is 289 g/mol. The molecule has 1 aromatic carbocycles. The lowest BCUT2D eigenvalue weighted by Gasteiger charge is -2.10. The molecule has 0 saturated heterocycles. The van der Waals surface area contributed by atoms with Crippen molar-refractivity contribution in [3.05, 3.63) is 35.5 Å². The molecule has 0 aliphatic rings. The number of aromatic nitrogens is 2. The molecule has 5 heteroatoms. The van der Waals surface area contributed by atoms with Gasteiger partial charge in [0.15, 0.2) is 0 Å². The standard InChI is InChI=1S/C16H23N3O2/c1-5-10-17-11-15-12(2)18-19(3)16(15)21-14-8-6-13(20-4)7-9-14/h6-9,17H,5,10-11H2,1-4H3. The maximum Gasteiger partial charge on any atom is 0.222 e. The lowest BCUT2D eigenvalue weighted by atomic mass is 10.2. The van der Waals surface area contributed by atoms with Gasteiger partial charge < -0.3 is 14.8 Å². The van der Waals surface area contributed by atoms with Crippen LogP contribution in [0.2, 0.25) is 0 Å². The molecule has 21 heavy (non-hydrogen) atoms. The van der Waals surface area contributed by atoms with E-state index >= 15 is 0 Å². The van der Waals surface area contributed by atoms with Crippen LogP contribution in [-0.2, 0) is 13.6 Å². The van der Waals surface area contributed by atoms with Gasteiger partial charge in [0.2, 0.25) is 5.88 Å². The highest BCUT2D eigenvalue weighted by Crippen LogP contribution is 2.28. The van der Waals surface area contributed by atoms with Crippen molar-refractivity contribution < 1.29 is 9.47 Å². The molecule has 0 atom stereocenters. The summed E-state index contributed by atoms with van der Waals surface area (Å²) in [5.41, 5.74) is 2.09. The Hall–Kier alpha value is -2.01. The van der Waals surface area contributed by atoms with E-state index in [0.29, 0.717) is 0 Å². The summed E-state index contributed by atoms with van der Waals surface area (Å²) in [7, 11) is 3.55. The maximum atomic E-state index is 6.00. The second kappa shape index (κ2) is 7.13. The van der Waals surface area contributed by atoms with E-state index < -0.39 is 0 Å². The number of nitrogens with one attached hydrogen (secondary N) is 1. The fourth-order valence-corrected chi connectivity index (χ4v) is 2.16. The Labute approximate surface area is 125 Å². The number of aryl methyl sites for hydroxylation is 2. The highest BCUT2D eigenvalue weighted by molar-refractivity contribution is 5.37. The molecule has 0 bridgehead atoms. The second-order valence-electron chi connectivity index (χ2n) is 4.95. The summed E-state index contributed by atoms with van der Waals surface area (Å²) >= 11 is 0. The lowest BCUT2D eigenvalue weighted by Crippen LogP contribution is -2.14. The first-order chi connectivity index (χ1) is 10.2. The summed E-state index contributed by atoms with van der Waals surface area (Å²) in [4.78, 5) is 0. The Morgan fingerprint density at radius 3 is 2.48 bits per heavy atom. The van der Waals surface area contributed by atoms with E-state index in [-0.39, 0.29) is 0 Å². The van der Waals surface area contributed by atoms with Crippen molar-refractivity contribution in [3.8, 4) is 17.4 Å². The van der Waals surface area contributed by atoms with Crippen LogP contribution in [0.5, 0.6) is 17.4 Å². The molecule has 1 N–H and O–H groups in total. The van der Waals surface area contributed by atoms with Gasteiger partial charge in [-0.3, -0.25) is 0 Å². The molecule has 5 nitrogen and oxygen atoms in total. The fourth-order valence-electron chi connectivity index (χ4n) is 2.16. The second-order valence-corrected chi connectivity index (χ2v) is 4.95. The Morgan fingerprint density at radius 1 is 1.19 bits per heavy atom. The molecule has 114 valence electrons. The zero-order valence-corrected chi connectivity index (χ0v) is 13.1. The van der Waals surface area contributed by atoms with Gasteiger partial charge in [-0.15, -0.1) is 0 Å². The number of methoxy groups -OCH3 is 1. The van der Waals surface area contributed by atoms with E-state index in [4.69, 9.17) is 9.47 Å². The normalized spacial score (nSPS) is 10.7. The molecule has 0 radical (unpaired) electrons. The average molecular weight is 289 g/mol. The number of rotatable bonds is 7. The first-order valence-electron chi connectivity index (χ1n) is 7.20. The highest BCUT2D eigenvalue weighted by Gasteiger charge is 2.15. The number of hydrogen-bond donors (Lipinski definition) is 1. The number of nitrogens with zero attached hydrogens (tertiary/aromatic N) is 2. The third-order valence-electron chi connectivity index (χ3n) is 3.29. The van der Waals surface area contributed by atoms with E-state index in [1.807, 2.05) is 38.2 Å². The number of benzene rings is 1. The van der Waals surface area contributed by atoms with Gasteiger partial charge in [-0.05, 0) is 44.2 Å². The van der Waals surface area contributed by atoms with Crippen molar-refractivity contribution in [2.75, 3.05) is 13.7 Å². The largest absolute Gasteiger partial charge is 0.497 e. The van der Waals surface area contributed by atoms with E-state index in [1.165, 1.54) is 0 Å². The molecule has 0 amide bonds. The molecule has 0 aliphatic carbocycles. The van der Waals surface area contributed by atoms with Crippen LogP contribution in [0.15, 0.2) is 24.3 Å². The van der Waals surface area contributed by atoms with Crippen LogP contribution in [0.25, 0.3) is 0 Å². The van der Waals surface area contributed by atoms with Crippen molar-refractivity contribution in [2.45, 2.75) is 26.8 Å². The fraction of sp³-hybridized carbons (Fsp3) is 0.438. The van der Waals surface area contributed by atoms with Gasteiger partial charge in [-0.25, -0.2) is 4.68 Å². The van der Waals surface area contributed by atoms with Crippen LogP contribution in [-0.4, -0.2) is 23.4 Å². The van der Waals surface area contributed by atoms with Crippen LogP contribution in [0.3, 0.4) is 0 Å². The predicted octanol–water partition coefficient (Wildman–Crippen LogP) is 3.03. The Morgan fingerprint density at radius 2 is 1.86 bits per heavy atom. The molecular formula is C16H23N3O2. The van der Waals surface area contributed by atoms with E-state index in [1.54, 1.807) is 11.8 Å². The van der Waals surface area contributed by atoms with Crippen LogP contribution >= 0.6 is 0 Å². The van der Waals surface area contributed by atoms with Crippen molar-refractivity contribution in [3.63, 3.8) is 0 Å². The van der Waals surface area contributed by atoms with Gasteiger partial charge in [-0.2, -0.15) is 5.10 Å². The van der Waals surface area contributed by atoms with Gasteiger partial charge in [0.05, 0.1) is 18.4 Å². The van der Waals surface area contributed by atoms with Gasteiger partial charge in [0.1, 0.15) is 11.5 Å². The quantitative estimate of drug-likeness (QED) is 0.796. The number of hydrogen-bond acceptors (Lipinski definition) is 4. The third-order valence-corrected chi connectivity index (χ3v) is 3.29. The van der Waals surface area contributed by atoms with Crippen LogP contribution < -0.4 is 14.8 Å². The first kappa shape index (κ1) is 15.4. The average Bonchev–Trinajstić information content (AvgIpc) is 2.75. The van der Waals surface area contributed by atoms with Crippen molar-refractivity contribution in [2.24, 2.45) is 7.05 Å². The van der Waals surface area contributed by atoms with Gasteiger partial charge in [0.25, 0.3) is 0 Å². The van der Waals surface area contributed by atoms with Crippen LogP contribution in [0.1, 0.15) is 24.6 Å². The Bertz CT molecular complexity index is 576. The molecule has 0 saturated carbocycles.